The summed E-state index contributed by atoms with van der Waals surface area (Å²) in [5.74, 6) is -2.02. The summed E-state index contributed by atoms with van der Waals surface area (Å²) in [6.07, 6.45) is 1.09. The Bertz CT molecular complexity index is 411. The van der Waals surface area contributed by atoms with Crippen LogP contribution in [0.3, 0.4) is 0 Å². The third kappa shape index (κ3) is 1.84. The average Bonchev–Trinajstić information content (AvgIpc) is 2.89. The quantitative estimate of drug-likeness (QED) is 0.835. The van der Waals surface area contributed by atoms with Gasteiger partial charge in [0.05, 0.1) is 6.42 Å². The van der Waals surface area contributed by atoms with Crippen LogP contribution >= 0.6 is 0 Å². The van der Waals surface area contributed by atoms with Gasteiger partial charge < -0.3 is 5.11 Å². The molecule has 1 aromatic rings. The van der Waals surface area contributed by atoms with Crippen LogP contribution in [0.4, 0.5) is 8.78 Å². The van der Waals surface area contributed by atoms with E-state index in [2.05, 4.69) is 0 Å². The summed E-state index contributed by atoms with van der Waals surface area (Å²) in [4.78, 5) is 10.6. The van der Waals surface area contributed by atoms with Gasteiger partial charge in [-0.15, -0.1) is 0 Å². The molecule has 1 fully saturated rings. The molecule has 0 spiro atoms. The van der Waals surface area contributed by atoms with Crippen LogP contribution in [0, 0.1) is 11.6 Å². The smallest absolute Gasteiger partial charge is 0.304 e. The minimum Gasteiger partial charge on any atom is -0.481 e. The van der Waals surface area contributed by atoms with Gasteiger partial charge in [-0.25, -0.2) is 8.78 Å². The zero-order valence-corrected chi connectivity index (χ0v) is 7.96. The van der Waals surface area contributed by atoms with E-state index >= 15 is 0 Å². The molecule has 0 aliphatic heterocycles. The first-order chi connectivity index (χ1) is 7.03. The number of hydrogen-bond acceptors (Lipinski definition) is 1. The van der Waals surface area contributed by atoms with Crippen LogP contribution in [0.1, 0.15) is 24.8 Å². The highest BCUT2D eigenvalue weighted by Gasteiger charge is 2.47. The Kier molecular flexibility index (Phi) is 2.21. The lowest BCUT2D eigenvalue weighted by Crippen LogP contribution is -2.14. The molecule has 4 heteroatoms. The van der Waals surface area contributed by atoms with Gasteiger partial charge in [-0.3, -0.25) is 4.79 Å². The van der Waals surface area contributed by atoms with Crippen molar-refractivity contribution in [1.29, 1.82) is 0 Å². The summed E-state index contributed by atoms with van der Waals surface area (Å²) in [6, 6.07) is 3.19. The predicted molar refractivity (Wildman–Crippen MR) is 49.5 cm³/mol. The van der Waals surface area contributed by atoms with Gasteiger partial charge >= 0.3 is 5.97 Å². The Labute approximate surface area is 85.5 Å². The summed E-state index contributed by atoms with van der Waals surface area (Å²) >= 11 is 0. The van der Waals surface area contributed by atoms with E-state index in [4.69, 9.17) is 5.11 Å². The fourth-order valence-corrected chi connectivity index (χ4v) is 1.89. The van der Waals surface area contributed by atoms with Gasteiger partial charge in [0, 0.05) is 5.41 Å². The number of carboxylic acid groups (broad SMARTS) is 1. The molecule has 0 aromatic heterocycles. The van der Waals surface area contributed by atoms with E-state index in [1.54, 1.807) is 0 Å². The maximum atomic E-state index is 13.4. The first-order valence-electron chi connectivity index (χ1n) is 4.71. The van der Waals surface area contributed by atoms with Crippen molar-refractivity contribution in [1.82, 2.24) is 0 Å². The molecular formula is C11H10F2O2. The highest BCUT2D eigenvalue weighted by atomic mass is 19.1. The average molecular weight is 212 g/mol. The van der Waals surface area contributed by atoms with Crippen molar-refractivity contribution in [3.8, 4) is 0 Å². The van der Waals surface area contributed by atoms with E-state index in [0.29, 0.717) is 12.8 Å². The van der Waals surface area contributed by atoms with Crippen LogP contribution in [0.25, 0.3) is 0 Å². The molecule has 2 nitrogen and oxygen atoms in total. The molecule has 1 aliphatic carbocycles. The van der Waals surface area contributed by atoms with Gasteiger partial charge in [0.2, 0.25) is 0 Å². The fraction of sp³-hybridized carbons (Fsp3) is 0.364. The molecule has 1 N–H and O–H groups in total. The van der Waals surface area contributed by atoms with Gasteiger partial charge in [0.15, 0.2) is 0 Å². The third-order valence-corrected chi connectivity index (χ3v) is 2.84. The van der Waals surface area contributed by atoms with Gasteiger partial charge in [-0.1, -0.05) is 0 Å². The summed E-state index contributed by atoms with van der Waals surface area (Å²) in [7, 11) is 0. The van der Waals surface area contributed by atoms with E-state index < -0.39 is 23.0 Å². The van der Waals surface area contributed by atoms with Crippen molar-refractivity contribution < 1.29 is 18.7 Å². The predicted octanol–water partition coefficient (Wildman–Crippen LogP) is 2.47. The Hall–Kier alpha value is -1.45. The molecule has 0 amide bonds. The lowest BCUT2D eigenvalue weighted by atomic mass is 9.92. The molecule has 15 heavy (non-hydrogen) atoms. The number of benzene rings is 1. The Morgan fingerprint density at radius 1 is 1.40 bits per heavy atom. The molecule has 0 radical (unpaired) electrons. The SMILES string of the molecule is O=C(O)CC1(c2cc(F)ccc2F)CC1. The topological polar surface area (TPSA) is 37.3 Å². The van der Waals surface area contributed by atoms with Crippen LogP contribution in [-0.2, 0) is 10.2 Å². The molecule has 0 heterocycles. The second-order valence-electron chi connectivity index (χ2n) is 3.98. The van der Waals surface area contributed by atoms with Gasteiger partial charge in [0.25, 0.3) is 0 Å². The van der Waals surface area contributed by atoms with Crippen molar-refractivity contribution in [2.75, 3.05) is 0 Å². The van der Waals surface area contributed by atoms with Crippen LogP contribution < -0.4 is 0 Å². The summed E-state index contributed by atoms with van der Waals surface area (Å²) in [6.45, 7) is 0. The molecular weight excluding hydrogens is 202 g/mol. The fourth-order valence-electron chi connectivity index (χ4n) is 1.89. The monoisotopic (exact) mass is 212 g/mol. The normalized spacial score (nSPS) is 17.5. The van der Waals surface area contributed by atoms with Crippen molar-refractivity contribution >= 4 is 5.97 Å². The van der Waals surface area contributed by atoms with Crippen molar-refractivity contribution in [3.63, 3.8) is 0 Å². The van der Waals surface area contributed by atoms with Crippen molar-refractivity contribution in [2.24, 2.45) is 0 Å². The molecule has 2 rings (SSSR count). The molecule has 1 aliphatic rings. The number of hydrogen-bond donors (Lipinski definition) is 1. The van der Waals surface area contributed by atoms with Crippen LogP contribution in [0.15, 0.2) is 18.2 Å². The second kappa shape index (κ2) is 3.29. The van der Waals surface area contributed by atoms with Crippen molar-refractivity contribution in [3.05, 3.63) is 35.4 Å². The number of carbonyl (C=O) groups is 1. The van der Waals surface area contributed by atoms with Crippen molar-refractivity contribution in [2.45, 2.75) is 24.7 Å². The van der Waals surface area contributed by atoms with E-state index in [1.165, 1.54) is 0 Å². The lowest BCUT2D eigenvalue weighted by Gasteiger charge is -2.13. The first kappa shape index (κ1) is 10.1. The van der Waals surface area contributed by atoms with Gasteiger partial charge in [-0.05, 0) is 36.6 Å². The summed E-state index contributed by atoms with van der Waals surface area (Å²) in [5.41, 5.74) is -0.470. The molecule has 1 saturated carbocycles. The van der Waals surface area contributed by atoms with Crippen LogP contribution in [-0.4, -0.2) is 11.1 Å². The van der Waals surface area contributed by atoms with E-state index in [0.717, 1.165) is 18.2 Å². The largest absolute Gasteiger partial charge is 0.481 e. The standard InChI is InChI=1S/C11H10F2O2/c12-7-1-2-9(13)8(5-7)11(3-4-11)6-10(14)15/h1-2,5H,3-4,6H2,(H,14,15). The highest BCUT2D eigenvalue weighted by Crippen LogP contribution is 2.51. The van der Waals surface area contributed by atoms with E-state index in [-0.39, 0.29) is 12.0 Å². The maximum Gasteiger partial charge on any atom is 0.304 e. The molecule has 0 atom stereocenters. The number of halogens is 2. The highest BCUT2D eigenvalue weighted by molar-refractivity contribution is 5.70. The van der Waals surface area contributed by atoms with Crippen LogP contribution in [0.2, 0.25) is 0 Å². The zero-order chi connectivity index (χ0) is 11.1. The molecule has 1 aromatic carbocycles. The summed E-state index contributed by atoms with van der Waals surface area (Å²) in [5, 5.41) is 8.69. The molecule has 80 valence electrons. The van der Waals surface area contributed by atoms with Gasteiger partial charge in [0.1, 0.15) is 11.6 Å². The third-order valence-electron chi connectivity index (χ3n) is 2.84. The van der Waals surface area contributed by atoms with E-state index in [9.17, 15) is 13.6 Å². The van der Waals surface area contributed by atoms with Gasteiger partial charge in [-0.2, -0.15) is 0 Å². The molecule has 0 saturated heterocycles. The maximum absolute atomic E-state index is 13.4. The minimum atomic E-state index is -0.976. The lowest BCUT2D eigenvalue weighted by molar-refractivity contribution is -0.137. The molecule has 0 unspecified atom stereocenters. The number of rotatable bonds is 3. The minimum absolute atomic E-state index is 0.132. The van der Waals surface area contributed by atoms with E-state index in [1.807, 2.05) is 0 Å². The number of carboxylic acids is 1. The number of aliphatic carboxylic acids is 1. The Morgan fingerprint density at radius 2 is 2.07 bits per heavy atom. The Balaban J connectivity index is 2.36. The zero-order valence-electron chi connectivity index (χ0n) is 7.96. The molecule has 0 bridgehead atoms. The van der Waals surface area contributed by atoms with Crippen LogP contribution in [0.5, 0.6) is 0 Å². The summed E-state index contributed by atoms with van der Waals surface area (Å²) < 4.78 is 26.3. The first-order valence-corrected chi connectivity index (χ1v) is 4.71. The Morgan fingerprint density at radius 3 is 2.60 bits per heavy atom. The second-order valence-corrected chi connectivity index (χ2v) is 3.98.